The Hall–Kier alpha value is -7.72. The Morgan fingerprint density at radius 1 is 0.516 bits per heavy atom. The highest BCUT2D eigenvalue weighted by Gasteiger charge is 2.22. The molecule has 1 aliphatic rings. The van der Waals surface area contributed by atoms with Crippen LogP contribution in [-0.4, -0.2) is 0 Å². The van der Waals surface area contributed by atoms with E-state index in [-0.39, 0.29) is 0 Å². The second-order valence-electron chi connectivity index (χ2n) is 16.1. The number of hydrogen-bond acceptors (Lipinski definition) is 3. The molecule has 0 fully saturated rings. The Balaban J connectivity index is 0.966. The van der Waals surface area contributed by atoms with Crippen molar-refractivity contribution in [3.63, 3.8) is 0 Å². The SMILES string of the molecule is C=C1/C=C\C=C/Cc2c(sc3ccc4ccccc4c23)/C(c2ccc(N(c3ccccc3)c3ccc(-c4cc5ccccc5c5c4oc4ccc6ccccc6c45)cc3)cc2)=C\1. The van der Waals surface area contributed by atoms with E-state index >= 15 is 0 Å². The van der Waals surface area contributed by atoms with Crippen molar-refractivity contribution in [1.29, 1.82) is 0 Å². The molecule has 12 rings (SSSR count). The molecule has 0 unspecified atom stereocenters. The van der Waals surface area contributed by atoms with Gasteiger partial charge >= 0.3 is 0 Å². The Morgan fingerprint density at radius 2 is 1.11 bits per heavy atom. The highest BCUT2D eigenvalue weighted by atomic mass is 32.1. The average Bonchev–Trinajstić information content (AvgIpc) is 3.91. The summed E-state index contributed by atoms with van der Waals surface area (Å²) in [4.78, 5) is 3.63. The molecule has 2 heterocycles. The van der Waals surface area contributed by atoms with Crippen LogP contribution in [0.25, 0.3) is 81.0 Å². The van der Waals surface area contributed by atoms with Gasteiger partial charge in [-0.05, 0) is 127 Å². The zero-order chi connectivity index (χ0) is 41.1. The minimum absolute atomic E-state index is 0.853. The van der Waals surface area contributed by atoms with E-state index in [0.717, 1.165) is 62.3 Å². The molecule has 11 aromatic rings. The standard InChI is InChI=1S/C59H39NOS/c1-38-14-4-2-7-23-50-55-47-20-11-8-16-40(47)29-35-54(55)62-59(50)52(36-38)42-26-32-46(33-27-42)60(44-18-5-3-6-19-44)45-30-24-41(25-31-45)51-37-43-17-10-13-22-49(43)57-56-48-21-12-9-15-39(48)28-34-53(56)61-58(51)57/h2-22,24-37H,1,23H2/b7-2-,14-4-,52-36-. The van der Waals surface area contributed by atoms with Crippen LogP contribution in [0.4, 0.5) is 17.1 Å². The maximum absolute atomic E-state index is 6.80. The van der Waals surface area contributed by atoms with E-state index in [1.165, 1.54) is 63.8 Å². The highest BCUT2D eigenvalue weighted by molar-refractivity contribution is 7.20. The van der Waals surface area contributed by atoms with Gasteiger partial charge in [0.05, 0.1) is 0 Å². The number of thiophene rings is 1. The number of fused-ring (bicyclic) bond motifs is 12. The van der Waals surface area contributed by atoms with Gasteiger partial charge in [-0.25, -0.2) is 0 Å². The summed E-state index contributed by atoms with van der Waals surface area (Å²) in [6.45, 7) is 4.44. The van der Waals surface area contributed by atoms with Gasteiger partial charge < -0.3 is 9.32 Å². The summed E-state index contributed by atoms with van der Waals surface area (Å²) in [7, 11) is 0. The van der Waals surface area contributed by atoms with Gasteiger partial charge in [-0.3, -0.25) is 0 Å². The lowest BCUT2D eigenvalue weighted by molar-refractivity contribution is 0.670. The maximum Gasteiger partial charge on any atom is 0.143 e. The quantitative estimate of drug-likeness (QED) is 0.172. The van der Waals surface area contributed by atoms with E-state index in [9.17, 15) is 0 Å². The first kappa shape index (κ1) is 36.2. The molecule has 62 heavy (non-hydrogen) atoms. The Kier molecular flexibility index (Phi) is 8.62. The van der Waals surface area contributed by atoms with Crippen molar-refractivity contribution >= 4 is 98.3 Å². The lowest BCUT2D eigenvalue weighted by Crippen LogP contribution is -2.09. The van der Waals surface area contributed by atoms with Crippen LogP contribution in [-0.2, 0) is 6.42 Å². The van der Waals surface area contributed by atoms with E-state index in [4.69, 9.17) is 4.42 Å². The van der Waals surface area contributed by atoms with E-state index < -0.39 is 0 Å². The van der Waals surface area contributed by atoms with Crippen LogP contribution in [0.1, 0.15) is 16.0 Å². The van der Waals surface area contributed by atoms with Crippen molar-refractivity contribution in [1.82, 2.24) is 0 Å². The highest BCUT2D eigenvalue weighted by Crippen LogP contribution is 2.46. The first-order chi connectivity index (χ1) is 30.7. The van der Waals surface area contributed by atoms with Gasteiger partial charge in [-0.1, -0.05) is 158 Å². The topological polar surface area (TPSA) is 16.4 Å². The summed E-state index contributed by atoms with van der Waals surface area (Å²) in [6, 6.07) is 65.7. The van der Waals surface area contributed by atoms with Gasteiger partial charge in [-0.15, -0.1) is 11.3 Å². The van der Waals surface area contributed by atoms with Crippen molar-refractivity contribution < 1.29 is 4.42 Å². The number of nitrogens with zero attached hydrogens (tertiary/aromatic N) is 1. The van der Waals surface area contributed by atoms with Crippen LogP contribution in [0, 0.1) is 0 Å². The van der Waals surface area contributed by atoms with E-state index in [1.807, 2.05) is 11.3 Å². The molecule has 9 aromatic carbocycles. The van der Waals surface area contributed by atoms with Crippen LogP contribution in [0.15, 0.2) is 229 Å². The number of hydrogen-bond donors (Lipinski definition) is 0. The fourth-order valence-corrected chi connectivity index (χ4v) is 10.8. The smallest absolute Gasteiger partial charge is 0.143 e. The number of furan rings is 1. The molecule has 0 saturated heterocycles. The van der Waals surface area contributed by atoms with E-state index in [1.54, 1.807) is 0 Å². The minimum Gasteiger partial charge on any atom is -0.455 e. The first-order valence-electron chi connectivity index (χ1n) is 21.2. The molecular formula is C59H39NOS. The molecule has 0 atom stereocenters. The van der Waals surface area contributed by atoms with Crippen molar-refractivity contribution in [3.05, 3.63) is 241 Å². The molecule has 0 N–H and O–H groups in total. The third kappa shape index (κ3) is 6.01. The predicted molar refractivity (Wildman–Crippen MR) is 266 cm³/mol. The van der Waals surface area contributed by atoms with Gasteiger partial charge in [0.25, 0.3) is 0 Å². The average molecular weight is 810 g/mol. The second kappa shape index (κ2) is 14.8. The summed E-state index contributed by atoms with van der Waals surface area (Å²) in [5, 5.41) is 11.1. The van der Waals surface area contributed by atoms with Crippen LogP contribution >= 0.6 is 11.3 Å². The second-order valence-corrected chi connectivity index (χ2v) is 17.1. The summed E-state index contributed by atoms with van der Waals surface area (Å²) >= 11 is 1.88. The fourth-order valence-electron chi connectivity index (χ4n) is 9.51. The number of para-hydroxylation sites is 1. The van der Waals surface area contributed by atoms with Gasteiger partial charge in [0.2, 0.25) is 0 Å². The molecule has 0 aliphatic heterocycles. The molecule has 292 valence electrons. The van der Waals surface area contributed by atoms with Gasteiger partial charge in [-0.2, -0.15) is 0 Å². The normalized spacial score (nSPS) is 15.0. The summed E-state index contributed by atoms with van der Waals surface area (Å²) in [6.07, 6.45) is 11.7. The monoisotopic (exact) mass is 809 g/mol. The zero-order valence-electron chi connectivity index (χ0n) is 33.9. The van der Waals surface area contributed by atoms with Crippen LogP contribution in [0.3, 0.4) is 0 Å². The molecule has 0 radical (unpaired) electrons. The number of allylic oxidation sites excluding steroid dienone is 6. The molecule has 1 aliphatic carbocycles. The fraction of sp³-hybridized carbons (Fsp3) is 0.0169. The minimum atomic E-state index is 0.853. The molecule has 0 saturated carbocycles. The number of anilines is 3. The van der Waals surface area contributed by atoms with Crippen LogP contribution < -0.4 is 4.90 Å². The number of benzene rings is 9. The largest absolute Gasteiger partial charge is 0.455 e. The van der Waals surface area contributed by atoms with Crippen LogP contribution in [0.5, 0.6) is 0 Å². The molecular weight excluding hydrogens is 771 g/mol. The first-order valence-corrected chi connectivity index (χ1v) is 22.0. The third-order valence-electron chi connectivity index (χ3n) is 12.4. The molecule has 0 spiro atoms. The zero-order valence-corrected chi connectivity index (χ0v) is 34.7. The summed E-state index contributed by atoms with van der Waals surface area (Å²) < 4.78 is 8.10. The lowest BCUT2D eigenvalue weighted by atomic mass is 9.93. The predicted octanol–water partition coefficient (Wildman–Crippen LogP) is 17.1. The van der Waals surface area contributed by atoms with Crippen molar-refractivity contribution in [2.75, 3.05) is 4.90 Å². The lowest BCUT2D eigenvalue weighted by Gasteiger charge is -2.26. The molecule has 0 amide bonds. The third-order valence-corrected chi connectivity index (χ3v) is 13.6. The van der Waals surface area contributed by atoms with E-state index in [0.29, 0.717) is 0 Å². The molecule has 2 nitrogen and oxygen atoms in total. The van der Waals surface area contributed by atoms with Crippen molar-refractivity contribution in [2.24, 2.45) is 0 Å². The molecule has 3 heteroatoms. The van der Waals surface area contributed by atoms with Crippen LogP contribution in [0.2, 0.25) is 0 Å². The van der Waals surface area contributed by atoms with Gasteiger partial charge in [0.15, 0.2) is 0 Å². The summed E-state index contributed by atoms with van der Waals surface area (Å²) in [5.41, 5.74) is 11.9. The number of rotatable bonds is 5. The molecule has 0 bridgehead atoms. The Morgan fingerprint density at radius 3 is 1.84 bits per heavy atom. The van der Waals surface area contributed by atoms with Gasteiger partial charge in [0, 0.05) is 48.4 Å². The van der Waals surface area contributed by atoms with E-state index in [2.05, 4.69) is 224 Å². The van der Waals surface area contributed by atoms with Crippen molar-refractivity contribution in [3.8, 4) is 11.1 Å². The molecule has 2 aromatic heterocycles. The maximum atomic E-state index is 6.80. The van der Waals surface area contributed by atoms with Crippen molar-refractivity contribution in [2.45, 2.75) is 6.42 Å². The summed E-state index contributed by atoms with van der Waals surface area (Å²) in [5.74, 6) is 0. The Labute approximate surface area is 363 Å². The van der Waals surface area contributed by atoms with Gasteiger partial charge in [0.1, 0.15) is 11.2 Å². The Bertz CT molecular complexity index is 3660.